The molecule has 1 aromatic carbocycles. The first-order chi connectivity index (χ1) is 9.45. The zero-order chi connectivity index (χ0) is 14.8. The van der Waals surface area contributed by atoms with E-state index in [9.17, 15) is 8.42 Å². The number of benzene rings is 1. The number of hydrogen-bond donors (Lipinski definition) is 1. The van der Waals surface area contributed by atoms with Crippen molar-refractivity contribution in [1.82, 2.24) is 4.31 Å². The molecule has 0 bridgehead atoms. The van der Waals surface area contributed by atoms with E-state index in [1.54, 1.807) is 19.2 Å². The summed E-state index contributed by atoms with van der Waals surface area (Å²) in [5.41, 5.74) is 7.27. The van der Waals surface area contributed by atoms with E-state index in [4.69, 9.17) is 5.73 Å². The lowest BCUT2D eigenvalue weighted by Crippen LogP contribution is -2.26. The minimum Gasteiger partial charge on any atom is -0.398 e. The fourth-order valence-electron chi connectivity index (χ4n) is 1.84. The van der Waals surface area contributed by atoms with Crippen molar-refractivity contribution >= 4 is 27.0 Å². The third-order valence-corrected chi connectivity index (χ3v) is 6.60. The van der Waals surface area contributed by atoms with Crippen LogP contribution in [0.1, 0.15) is 17.4 Å². The molecule has 0 atom stereocenters. The number of nitrogens with two attached hydrogens (primary N) is 1. The maximum Gasteiger partial charge on any atom is 0.252 e. The summed E-state index contributed by atoms with van der Waals surface area (Å²) in [6.07, 6.45) is 0.843. The standard InChI is InChI=1S/C14H18N2O2S2/c1-3-12-8-9-14(19-12)20(17,18)16(2)10-11-6-4-5-7-13(11)15/h4-9H,3,10,15H2,1-2H3. The Balaban J connectivity index is 2.23. The molecule has 2 N–H and O–H groups in total. The number of para-hydroxylation sites is 1. The van der Waals surface area contributed by atoms with Gasteiger partial charge in [-0.3, -0.25) is 0 Å². The first-order valence-corrected chi connectivity index (χ1v) is 8.59. The van der Waals surface area contributed by atoms with E-state index >= 15 is 0 Å². The Bertz CT molecular complexity index is 693. The number of aryl methyl sites for hydroxylation is 1. The van der Waals surface area contributed by atoms with Crippen LogP contribution in [0.15, 0.2) is 40.6 Å². The fourth-order valence-corrected chi connectivity index (χ4v) is 4.50. The highest BCUT2D eigenvalue weighted by molar-refractivity contribution is 7.91. The molecule has 1 aromatic heterocycles. The SMILES string of the molecule is CCc1ccc(S(=O)(=O)N(C)Cc2ccccc2N)s1. The Kier molecular flexibility index (Phi) is 4.47. The van der Waals surface area contributed by atoms with Crippen LogP contribution in [0.2, 0.25) is 0 Å². The third-order valence-electron chi connectivity index (χ3n) is 3.10. The Hall–Kier alpha value is -1.37. The molecule has 0 aliphatic carbocycles. The molecule has 2 rings (SSSR count). The van der Waals surface area contributed by atoms with Gasteiger partial charge in [0.2, 0.25) is 0 Å². The van der Waals surface area contributed by atoms with E-state index < -0.39 is 10.0 Å². The molecule has 1 heterocycles. The van der Waals surface area contributed by atoms with Gasteiger partial charge in [-0.15, -0.1) is 11.3 Å². The number of nitrogens with zero attached hydrogens (tertiary/aromatic N) is 1. The molecule has 4 nitrogen and oxygen atoms in total. The van der Waals surface area contributed by atoms with Crippen LogP contribution in [0.25, 0.3) is 0 Å². The number of hydrogen-bond acceptors (Lipinski definition) is 4. The van der Waals surface area contributed by atoms with Crippen molar-refractivity contribution in [3.05, 3.63) is 46.8 Å². The van der Waals surface area contributed by atoms with E-state index in [-0.39, 0.29) is 6.54 Å². The van der Waals surface area contributed by atoms with E-state index in [2.05, 4.69) is 0 Å². The second-order valence-corrected chi connectivity index (χ2v) is 7.97. The predicted molar refractivity (Wildman–Crippen MR) is 83.2 cm³/mol. The summed E-state index contributed by atoms with van der Waals surface area (Å²) in [6, 6.07) is 10.8. The molecule has 0 aliphatic heterocycles. The Morgan fingerprint density at radius 2 is 1.90 bits per heavy atom. The molecular weight excluding hydrogens is 292 g/mol. The third kappa shape index (κ3) is 3.03. The number of sulfonamides is 1. The predicted octanol–water partition coefficient (Wildman–Crippen LogP) is 2.71. The van der Waals surface area contributed by atoms with Gasteiger partial charge < -0.3 is 5.73 Å². The summed E-state index contributed by atoms with van der Waals surface area (Å²) in [7, 11) is -1.87. The summed E-state index contributed by atoms with van der Waals surface area (Å²) in [5.74, 6) is 0. The van der Waals surface area contributed by atoms with Gasteiger partial charge in [0.1, 0.15) is 4.21 Å². The quantitative estimate of drug-likeness (QED) is 0.864. The second-order valence-electron chi connectivity index (χ2n) is 4.53. The van der Waals surface area contributed by atoms with Crippen molar-refractivity contribution in [2.75, 3.05) is 12.8 Å². The maximum absolute atomic E-state index is 12.5. The molecule has 0 saturated carbocycles. The number of anilines is 1. The van der Waals surface area contributed by atoms with Gasteiger partial charge in [0, 0.05) is 24.2 Å². The highest BCUT2D eigenvalue weighted by Crippen LogP contribution is 2.26. The zero-order valence-electron chi connectivity index (χ0n) is 11.5. The smallest absolute Gasteiger partial charge is 0.252 e. The van der Waals surface area contributed by atoms with Gasteiger partial charge >= 0.3 is 0 Å². The lowest BCUT2D eigenvalue weighted by Gasteiger charge is -2.17. The molecule has 0 saturated heterocycles. The van der Waals surface area contributed by atoms with Gasteiger partial charge in [0.15, 0.2) is 0 Å². The molecule has 6 heteroatoms. The van der Waals surface area contributed by atoms with Gasteiger partial charge in [-0.2, -0.15) is 4.31 Å². The summed E-state index contributed by atoms with van der Waals surface area (Å²) in [5, 5.41) is 0. The van der Waals surface area contributed by atoms with Crippen LogP contribution in [-0.4, -0.2) is 19.8 Å². The van der Waals surface area contributed by atoms with Crippen LogP contribution in [0.4, 0.5) is 5.69 Å². The molecule has 20 heavy (non-hydrogen) atoms. The number of rotatable bonds is 5. The maximum atomic E-state index is 12.5. The van der Waals surface area contributed by atoms with Crippen LogP contribution in [0.5, 0.6) is 0 Å². The fraction of sp³-hybridized carbons (Fsp3) is 0.286. The van der Waals surface area contributed by atoms with Gasteiger partial charge in [-0.1, -0.05) is 25.1 Å². The average Bonchev–Trinajstić information content (AvgIpc) is 2.90. The van der Waals surface area contributed by atoms with Gasteiger partial charge in [-0.05, 0) is 30.2 Å². The molecule has 2 aromatic rings. The normalized spacial score (nSPS) is 11.9. The topological polar surface area (TPSA) is 63.4 Å². The highest BCUT2D eigenvalue weighted by Gasteiger charge is 2.23. The van der Waals surface area contributed by atoms with E-state index in [0.717, 1.165) is 16.9 Å². The lowest BCUT2D eigenvalue weighted by molar-refractivity contribution is 0.469. The Morgan fingerprint density at radius 1 is 1.20 bits per heavy atom. The van der Waals surface area contributed by atoms with Crippen molar-refractivity contribution in [3.8, 4) is 0 Å². The average molecular weight is 310 g/mol. The van der Waals surface area contributed by atoms with Gasteiger partial charge in [0.25, 0.3) is 10.0 Å². The number of nitrogen functional groups attached to an aromatic ring is 1. The van der Waals surface area contributed by atoms with E-state index in [1.165, 1.54) is 15.6 Å². The zero-order valence-corrected chi connectivity index (χ0v) is 13.2. The van der Waals surface area contributed by atoms with E-state index in [0.29, 0.717) is 9.90 Å². The van der Waals surface area contributed by atoms with Crippen molar-refractivity contribution < 1.29 is 8.42 Å². The molecule has 0 fully saturated rings. The van der Waals surface area contributed by atoms with Crippen LogP contribution >= 0.6 is 11.3 Å². The summed E-state index contributed by atoms with van der Waals surface area (Å²) in [6.45, 7) is 2.28. The highest BCUT2D eigenvalue weighted by atomic mass is 32.2. The van der Waals surface area contributed by atoms with Gasteiger partial charge in [-0.25, -0.2) is 8.42 Å². The minimum absolute atomic E-state index is 0.272. The molecule has 0 radical (unpaired) electrons. The van der Waals surface area contributed by atoms with Gasteiger partial charge in [0.05, 0.1) is 0 Å². The van der Waals surface area contributed by atoms with Crippen molar-refractivity contribution in [1.29, 1.82) is 0 Å². The molecule has 108 valence electrons. The monoisotopic (exact) mass is 310 g/mol. The van der Waals surface area contributed by atoms with Crippen molar-refractivity contribution in [3.63, 3.8) is 0 Å². The summed E-state index contributed by atoms with van der Waals surface area (Å²) in [4.78, 5) is 1.07. The Morgan fingerprint density at radius 3 is 2.50 bits per heavy atom. The minimum atomic E-state index is -3.45. The summed E-state index contributed by atoms with van der Waals surface area (Å²) < 4.78 is 26.7. The molecule has 0 aliphatic rings. The van der Waals surface area contributed by atoms with Crippen LogP contribution < -0.4 is 5.73 Å². The van der Waals surface area contributed by atoms with Crippen LogP contribution in [0, 0.1) is 0 Å². The van der Waals surface area contributed by atoms with Crippen LogP contribution in [0.3, 0.4) is 0 Å². The Labute approximate surface area is 123 Å². The first-order valence-electron chi connectivity index (χ1n) is 6.33. The van der Waals surface area contributed by atoms with E-state index in [1.807, 2.05) is 31.2 Å². The molecule has 0 unspecified atom stereocenters. The largest absolute Gasteiger partial charge is 0.398 e. The van der Waals surface area contributed by atoms with Crippen LogP contribution in [-0.2, 0) is 23.0 Å². The lowest BCUT2D eigenvalue weighted by atomic mass is 10.2. The second kappa shape index (κ2) is 5.95. The summed E-state index contributed by atoms with van der Waals surface area (Å²) >= 11 is 1.32. The first kappa shape index (κ1) is 15.0. The van der Waals surface area contributed by atoms with Crippen molar-refractivity contribution in [2.24, 2.45) is 0 Å². The van der Waals surface area contributed by atoms with Crippen molar-refractivity contribution in [2.45, 2.75) is 24.1 Å². The molecular formula is C14H18N2O2S2. The molecule has 0 amide bonds. The molecule has 0 spiro atoms. The number of thiophene rings is 1.